The lowest BCUT2D eigenvalue weighted by Gasteiger charge is -2.19. The minimum absolute atomic E-state index is 0.133. The van der Waals surface area contributed by atoms with E-state index in [4.69, 9.17) is 4.74 Å². The van der Waals surface area contributed by atoms with E-state index in [-0.39, 0.29) is 18.2 Å². The van der Waals surface area contributed by atoms with Crippen molar-refractivity contribution in [3.8, 4) is 5.75 Å². The summed E-state index contributed by atoms with van der Waals surface area (Å²) < 4.78 is 5.53. The molecule has 0 unspecified atom stereocenters. The van der Waals surface area contributed by atoms with Gasteiger partial charge in [-0.05, 0) is 31.2 Å². The van der Waals surface area contributed by atoms with Crippen molar-refractivity contribution in [3.05, 3.63) is 54.6 Å². The first-order valence-corrected chi connectivity index (χ1v) is 7.61. The number of carbonyl (C=O) groups excluding carboxylic acids is 2. The predicted octanol–water partition coefficient (Wildman–Crippen LogP) is 2.83. The van der Waals surface area contributed by atoms with Crippen molar-refractivity contribution in [2.75, 3.05) is 16.8 Å². The molecule has 1 aliphatic heterocycles. The lowest BCUT2D eigenvalue weighted by Crippen LogP contribution is -2.35. The lowest BCUT2D eigenvalue weighted by molar-refractivity contribution is -0.121. The molecule has 0 bridgehead atoms. The average Bonchev–Trinajstić information content (AvgIpc) is 2.83. The number of carbonyl (C=O) groups is 2. The zero-order chi connectivity index (χ0) is 16.2. The number of hydrogen-bond acceptors (Lipinski definition) is 4. The van der Waals surface area contributed by atoms with E-state index in [2.05, 4.69) is 5.32 Å². The van der Waals surface area contributed by atoms with E-state index >= 15 is 0 Å². The maximum atomic E-state index is 12.7. The van der Waals surface area contributed by atoms with Crippen molar-refractivity contribution >= 4 is 23.2 Å². The summed E-state index contributed by atoms with van der Waals surface area (Å²) >= 11 is 0. The van der Waals surface area contributed by atoms with Crippen LogP contribution in [-0.2, 0) is 9.59 Å². The number of nitrogens with zero attached hydrogens (tertiary/aromatic N) is 1. The molecule has 1 saturated heterocycles. The van der Waals surface area contributed by atoms with E-state index in [0.717, 1.165) is 5.69 Å². The molecule has 118 valence electrons. The van der Waals surface area contributed by atoms with Crippen LogP contribution in [0, 0.1) is 0 Å². The summed E-state index contributed by atoms with van der Waals surface area (Å²) in [7, 11) is 0. The molecular formula is C18H18N2O3. The Bertz CT molecular complexity index is 715. The Kier molecular flexibility index (Phi) is 4.28. The van der Waals surface area contributed by atoms with Crippen LogP contribution < -0.4 is 15.0 Å². The molecule has 1 heterocycles. The number of nitrogens with one attached hydrogen (secondary N) is 1. The Morgan fingerprint density at radius 2 is 1.78 bits per heavy atom. The number of para-hydroxylation sites is 3. The number of amides is 2. The second-order valence-electron chi connectivity index (χ2n) is 5.24. The molecule has 5 heteroatoms. The van der Waals surface area contributed by atoms with Gasteiger partial charge >= 0.3 is 0 Å². The van der Waals surface area contributed by atoms with Crippen LogP contribution in [-0.4, -0.2) is 24.5 Å². The molecule has 0 saturated carbocycles. The average molecular weight is 310 g/mol. The Morgan fingerprint density at radius 3 is 2.52 bits per heavy atom. The van der Waals surface area contributed by atoms with Crippen molar-refractivity contribution in [1.29, 1.82) is 0 Å². The second-order valence-corrected chi connectivity index (χ2v) is 5.24. The molecule has 1 fully saturated rings. The highest BCUT2D eigenvalue weighted by Crippen LogP contribution is 2.32. The first-order valence-electron chi connectivity index (χ1n) is 7.61. The highest BCUT2D eigenvalue weighted by atomic mass is 16.5. The first-order chi connectivity index (χ1) is 11.2. The van der Waals surface area contributed by atoms with Crippen LogP contribution in [0.15, 0.2) is 54.6 Å². The summed E-state index contributed by atoms with van der Waals surface area (Å²) in [5, 5.41) is 3.12. The van der Waals surface area contributed by atoms with Crippen LogP contribution in [0.5, 0.6) is 5.75 Å². The van der Waals surface area contributed by atoms with Gasteiger partial charge in [-0.3, -0.25) is 9.59 Å². The quantitative estimate of drug-likeness (QED) is 0.863. The molecule has 0 radical (unpaired) electrons. The lowest BCUT2D eigenvalue weighted by atomic mass is 10.2. The molecule has 3 rings (SSSR count). The molecule has 23 heavy (non-hydrogen) atoms. The van der Waals surface area contributed by atoms with Gasteiger partial charge in [0, 0.05) is 5.69 Å². The number of hydrogen-bond donors (Lipinski definition) is 1. The van der Waals surface area contributed by atoms with E-state index in [1.165, 1.54) is 4.90 Å². The number of benzene rings is 2. The molecular weight excluding hydrogens is 292 g/mol. The number of ether oxygens (including phenoxy) is 1. The van der Waals surface area contributed by atoms with Gasteiger partial charge in [-0.1, -0.05) is 30.3 Å². The normalized spacial score (nSPS) is 17.4. The Hall–Kier alpha value is -2.82. The summed E-state index contributed by atoms with van der Waals surface area (Å²) in [6, 6.07) is 15.9. The minimum atomic E-state index is -0.556. The van der Waals surface area contributed by atoms with Crippen LogP contribution in [0.4, 0.5) is 11.4 Å². The number of imide groups is 1. The Morgan fingerprint density at radius 1 is 1.09 bits per heavy atom. The highest BCUT2D eigenvalue weighted by molar-refractivity contribution is 6.23. The van der Waals surface area contributed by atoms with Crippen molar-refractivity contribution in [1.82, 2.24) is 0 Å². The SMILES string of the molecule is CCOc1ccccc1N1C(=O)C[C@H](Nc2ccccc2)C1=O. The highest BCUT2D eigenvalue weighted by Gasteiger charge is 2.40. The van der Waals surface area contributed by atoms with Crippen LogP contribution >= 0.6 is 0 Å². The number of anilines is 2. The predicted molar refractivity (Wildman–Crippen MR) is 88.6 cm³/mol. The van der Waals surface area contributed by atoms with Gasteiger partial charge in [0.15, 0.2) is 0 Å². The van der Waals surface area contributed by atoms with Gasteiger partial charge in [-0.25, -0.2) is 4.90 Å². The van der Waals surface area contributed by atoms with Crippen LogP contribution in [0.25, 0.3) is 0 Å². The fraction of sp³-hybridized carbons (Fsp3) is 0.222. The van der Waals surface area contributed by atoms with Crippen LogP contribution in [0.1, 0.15) is 13.3 Å². The first kappa shape index (κ1) is 15.1. The molecule has 1 N–H and O–H groups in total. The van der Waals surface area contributed by atoms with Crippen molar-refractivity contribution in [2.45, 2.75) is 19.4 Å². The fourth-order valence-electron chi connectivity index (χ4n) is 2.65. The monoisotopic (exact) mass is 310 g/mol. The van der Waals surface area contributed by atoms with Gasteiger partial charge in [0.1, 0.15) is 11.8 Å². The summed E-state index contributed by atoms with van der Waals surface area (Å²) in [5.74, 6) is 0.0543. The topological polar surface area (TPSA) is 58.6 Å². The molecule has 1 aliphatic rings. The van der Waals surface area contributed by atoms with Crippen LogP contribution in [0.2, 0.25) is 0 Å². The third-order valence-corrected chi connectivity index (χ3v) is 3.67. The van der Waals surface area contributed by atoms with Gasteiger partial charge in [-0.2, -0.15) is 0 Å². The van der Waals surface area contributed by atoms with E-state index in [0.29, 0.717) is 18.0 Å². The molecule has 5 nitrogen and oxygen atoms in total. The van der Waals surface area contributed by atoms with Crippen LogP contribution in [0.3, 0.4) is 0 Å². The summed E-state index contributed by atoms with van der Waals surface area (Å²) in [6.07, 6.45) is 0.133. The Balaban J connectivity index is 1.85. The molecule has 2 amide bonds. The zero-order valence-electron chi connectivity index (χ0n) is 12.9. The minimum Gasteiger partial charge on any atom is -0.492 e. The third kappa shape index (κ3) is 3.04. The van der Waals surface area contributed by atoms with Gasteiger partial charge < -0.3 is 10.1 Å². The Labute approximate surface area is 134 Å². The van der Waals surface area contributed by atoms with E-state index in [1.54, 1.807) is 18.2 Å². The summed E-state index contributed by atoms with van der Waals surface area (Å²) in [6.45, 7) is 2.34. The van der Waals surface area contributed by atoms with E-state index in [1.807, 2.05) is 43.3 Å². The van der Waals surface area contributed by atoms with Gasteiger partial charge in [-0.15, -0.1) is 0 Å². The summed E-state index contributed by atoms with van der Waals surface area (Å²) in [4.78, 5) is 26.2. The molecule has 1 atom stereocenters. The molecule has 0 spiro atoms. The second kappa shape index (κ2) is 6.52. The molecule has 2 aromatic rings. The fourth-order valence-corrected chi connectivity index (χ4v) is 2.65. The van der Waals surface area contributed by atoms with Crippen molar-refractivity contribution in [2.24, 2.45) is 0 Å². The molecule has 2 aromatic carbocycles. The van der Waals surface area contributed by atoms with E-state index in [9.17, 15) is 9.59 Å². The molecule has 0 aliphatic carbocycles. The standard InChI is InChI=1S/C18H18N2O3/c1-2-23-16-11-7-6-10-15(16)20-17(21)12-14(18(20)22)19-13-8-4-3-5-9-13/h3-11,14,19H,2,12H2,1H3/t14-/m0/s1. The number of rotatable bonds is 5. The van der Waals surface area contributed by atoms with Crippen molar-refractivity contribution < 1.29 is 14.3 Å². The van der Waals surface area contributed by atoms with Gasteiger partial charge in [0.25, 0.3) is 5.91 Å². The smallest absolute Gasteiger partial charge is 0.256 e. The van der Waals surface area contributed by atoms with Gasteiger partial charge in [0.2, 0.25) is 5.91 Å². The molecule has 0 aromatic heterocycles. The van der Waals surface area contributed by atoms with Crippen molar-refractivity contribution in [3.63, 3.8) is 0 Å². The largest absolute Gasteiger partial charge is 0.492 e. The maximum Gasteiger partial charge on any atom is 0.256 e. The third-order valence-electron chi connectivity index (χ3n) is 3.67. The zero-order valence-corrected chi connectivity index (χ0v) is 12.9. The summed E-state index contributed by atoms with van der Waals surface area (Å²) in [5.41, 5.74) is 1.32. The van der Waals surface area contributed by atoms with E-state index < -0.39 is 6.04 Å². The van der Waals surface area contributed by atoms with Gasteiger partial charge in [0.05, 0.1) is 18.7 Å². The maximum absolute atomic E-state index is 12.7.